The second-order valence-electron chi connectivity index (χ2n) is 6.17. The third-order valence-electron chi connectivity index (χ3n) is 3.81. The molecular weight excluding hydrogens is 290 g/mol. The summed E-state index contributed by atoms with van der Waals surface area (Å²) in [5.41, 5.74) is 2.44. The van der Waals surface area contributed by atoms with Gasteiger partial charge in [0.15, 0.2) is 0 Å². The van der Waals surface area contributed by atoms with Crippen molar-refractivity contribution in [1.82, 2.24) is 15.1 Å². The highest BCUT2D eigenvalue weighted by Gasteiger charge is 2.19. The molecule has 1 amide bonds. The summed E-state index contributed by atoms with van der Waals surface area (Å²) in [6.45, 7) is 6.96. The number of nitrogens with one attached hydrogen (secondary N) is 1. The van der Waals surface area contributed by atoms with Gasteiger partial charge < -0.3 is 10.4 Å². The zero-order valence-electron chi connectivity index (χ0n) is 14.0. The van der Waals surface area contributed by atoms with Gasteiger partial charge in [-0.3, -0.25) is 9.48 Å². The van der Waals surface area contributed by atoms with Crippen LogP contribution in [0.3, 0.4) is 0 Å². The smallest absolute Gasteiger partial charge is 0.255 e. The SMILES string of the molecule is Cc1c(C(=O)NC(CCO)c2ccccc2)cnn1CC(C)C. The van der Waals surface area contributed by atoms with Gasteiger partial charge in [0.25, 0.3) is 5.91 Å². The summed E-state index contributed by atoms with van der Waals surface area (Å²) in [6.07, 6.45) is 2.10. The highest BCUT2D eigenvalue weighted by atomic mass is 16.3. The lowest BCUT2D eigenvalue weighted by Crippen LogP contribution is -2.29. The highest BCUT2D eigenvalue weighted by molar-refractivity contribution is 5.95. The van der Waals surface area contributed by atoms with E-state index in [1.807, 2.05) is 41.9 Å². The van der Waals surface area contributed by atoms with Crippen LogP contribution in [-0.4, -0.2) is 27.4 Å². The second-order valence-corrected chi connectivity index (χ2v) is 6.17. The number of carbonyl (C=O) groups is 1. The van der Waals surface area contributed by atoms with E-state index in [0.717, 1.165) is 17.8 Å². The number of amides is 1. The Bertz CT molecular complexity index is 635. The Kier molecular flexibility index (Phi) is 5.93. The molecule has 2 aromatic rings. The molecule has 1 unspecified atom stereocenters. The van der Waals surface area contributed by atoms with Gasteiger partial charge in [0.1, 0.15) is 0 Å². The molecule has 1 aromatic carbocycles. The minimum absolute atomic E-state index is 0.0193. The molecule has 124 valence electrons. The van der Waals surface area contributed by atoms with Gasteiger partial charge in [-0.1, -0.05) is 44.2 Å². The van der Waals surface area contributed by atoms with Crippen LogP contribution in [0.5, 0.6) is 0 Å². The van der Waals surface area contributed by atoms with Crippen LogP contribution in [0.15, 0.2) is 36.5 Å². The lowest BCUT2D eigenvalue weighted by molar-refractivity contribution is 0.0929. The standard InChI is InChI=1S/C18H25N3O2/c1-13(2)12-21-14(3)16(11-19-21)18(23)20-17(9-10-22)15-7-5-4-6-8-15/h4-8,11,13,17,22H,9-10,12H2,1-3H3,(H,20,23). The summed E-state index contributed by atoms with van der Waals surface area (Å²) in [5, 5.41) is 16.6. The van der Waals surface area contributed by atoms with Crippen molar-refractivity contribution < 1.29 is 9.90 Å². The quantitative estimate of drug-likeness (QED) is 0.825. The van der Waals surface area contributed by atoms with E-state index in [0.29, 0.717) is 17.9 Å². The number of benzene rings is 1. The van der Waals surface area contributed by atoms with Gasteiger partial charge in [0, 0.05) is 18.8 Å². The summed E-state index contributed by atoms with van der Waals surface area (Å²) >= 11 is 0. The summed E-state index contributed by atoms with van der Waals surface area (Å²) < 4.78 is 1.86. The Hall–Kier alpha value is -2.14. The normalized spacial score (nSPS) is 12.4. The van der Waals surface area contributed by atoms with Crippen molar-refractivity contribution in [3.8, 4) is 0 Å². The molecule has 0 aliphatic carbocycles. The summed E-state index contributed by atoms with van der Waals surface area (Å²) in [5.74, 6) is 0.316. The minimum Gasteiger partial charge on any atom is -0.396 e. The molecule has 23 heavy (non-hydrogen) atoms. The number of aliphatic hydroxyl groups excluding tert-OH is 1. The minimum atomic E-state index is -0.207. The number of carbonyl (C=O) groups excluding carboxylic acids is 1. The first-order valence-corrected chi connectivity index (χ1v) is 8.02. The van der Waals surface area contributed by atoms with Crippen molar-refractivity contribution in [1.29, 1.82) is 0 Å². The predicted molar refractivity (Wildman–Crippen MR) is 90.2 cm³/mol. The summed E-state index contributed by atoms with van der Waals surface area (Å²) in [6, 6.07) is 9.49. The Labute approximate surface area is 137 Å². The van der Waals surface area contributed by atoms with Crippen LogP contribution in [-0.2, 0) is 6.54 Å². The van der Waals surface area contributed by atoms with E-state index in [2.05, 4.69) is 24.3 Å². The van der Waals surface area contributed by atoms with Gasteiger partial charge in [-0.2, -0.15) is 5.10 Å². The van der Waals surface area contributed by atoms with Crippen LogP contribution >= 0.6 is 0 Å². The third kappa shape index (κ3) is 4.42. The van der Waals surface area contributed by atoms with Gasteiger partial charge in [-0.25, -0.2) is 0 Å². The molecule has 0 bridgehead atoms. The van der Waals surface area contributed by atoms with E-state index in [4.69, 9.17) is 0 Å². The molecule has 0 saturated heterocycles. The lowest BCUT2D eigenvalue weighted by atomic mass is 10.0. The number of aliphatic hydroxyl groups is 1. The topological polar surface area (TPSA) is 67.2 Å². The van der Waals surface area contributed by atoms with Gasteiger partial charge in [-0.15, -0.1) is 0 Å². The molecule has 0 radical (unpaired) electrons. The average molecular weight is 315 g/mol. The molecule has 1 atom stereocenters. The third-order valence-corrected chi connectivity index (χ3v) is 3.81. The fraction of sp³-hybridized carbons (Fsp3) is 0.444. The van der Waals surface area contributed by atoms with Gasteiger partial charge in [0.2, 0.25) is 0 Å². The fourth-order valence-electron chi connectivity index (χ4n) is 2.57. The van der Waals surface area contributed by atoms with Crippen LogP contribution in [0.4, 0.5) is 0 Å². The molecule has 1 aromatic heterocycles. The molecule has 0 saturated carbocycles. The van der Waals surface area contributed by atoms with Crippen LogP contribution < -0.4 is 5.32 Å². The summed E-state index contributed by atoms with van der Waals surface area (Å²) in [4.78, 5) is 12.6. The van der Waals surface area contributed by atoms with Crippen molar-refractivity contribution in [2.45, 2.75) is 39.8 Å². The predicted octanol–water partition coefficient (Wildman–Crippen LogP) is 2.70. The number of nitrogens with zero attached hydrogens (tertiary/aromatic N) is 2. The Balaban J connectivity index is 2.15. The zero-order chi connectivity index (χ0) is 16.8. The molecular formula is C18H25N3O2. The maximum absolute atomic E-state index is 12.6. The maximum Gasteiger partial charge on any atom is 0.255 e. The first-order chi connectivity index (χ1) is 11.0. The molecule has 0 spiro atoms. The van der Waals surface area contributed by atoms with E-state index in [1.54, 1.807) is 6.20 Å². The highest BCUT2D eigenvalue weighted by Crippen LogP contribution is 2.18. The van der Waals surface area contributed by atoms with Crippen LogP contribution in [0.1, 0.15) is 47.9 Å². The van der Waals surface area contributed by atoms with Crippen molar-refractivity contribution in [3.05, 3.63) is 53.3 Å². The van der Waals surface area contributed by atoms with Gasteiger partial charge >= 0.3 is 0 Å². The molecule has 1 heterocycles. The van der Waals surface area contributed by atoms with Crippen LogP contribution in [0.25, 0.3) is 0 Å². The maximum atomic E-state index is 12.6. The first kappa shape index (κ1) is 17.2. The van der Waals surface area contributed by atoms with Gasteiger partial charge in [-0.05, 0) is 24.8 Å². The van der Waals surface area contributed by atoms with Crippen molar-refractivity contribution in [2.24, 2.45) is 5.92 Å². The lowest BCUT2D eigenvalue weighted by Gasteiger charge is -2.18. The van der Waals surface area contributed by atoms with E-state index < -0.39 is 0 Å². The Morgan fingerprint density at radius 1 is 1.30 bits per heavy atom. The first-order valence-electron chi connectivity index (χ1n) is 8.02. The van der Waals surface area contributed by atoms with Crippen LogP contribution in [0, 0.1) is 12.8 Å². The van der Waals surface area contributed by atoms with E-state index in [9.17, 15) is 9.90 Å². The molecule has 0 fully saturated rings. The Morgan fingerprint density at radius 3 is 2.61 bits per heavy atom. The monoisotopic (exact) mass is 315 g/mol. The molecule has 5 nitrogen and oxygen atoms in total. The second kappa shape index (κ2) is 7.92. The van der Waals surface area contributed by atoms with E-state index >= 15 is 0 Å². The molecule has 2 N–H and O–H groups in total. The molecule has 5 heteroatoms. The van der Waals surface area contributed by atoms with Crippen molar-refractivity contribution >= 4 is 5.91 Å². The van der Waals surface area contributed by atoms with Gasteiger partial charge in [0.05, 0.1) is 17.8 Å². The summed E-state index contributed by atoms with van der Waals surface area (Å²) in [7, 11) is 0. The van der Waals surface area contributed by atoms with Crippen LogP contribution in [0.2, 0.25) is 0 Å². The number of hydrogen-bond donors (Lipinski definition) is 2. The fourth-order valence-corrected chi connectivity index (χ4v) is 2.57. The number of hydrogen-bond acceptors (Lipinski definition) is 3. The number of rotatable bonds is 7. The zero-order valence-corrected chi connectivity index (χ0v) is 14.0. The van der Waals surface area contributed by atoms with Crippen molar-refractivity contribution in [3.63, 3.8) is 0 Å². The largest absolute Gasteiger partial charge is 0.396 e. The Morgan fingerprint density at radius 2 is 2.00 bits per heavy atom. The van der Waals surface area contributed by atoms with E-state index in [-0.39, 0.29) is 18.6 Å². The average Bonchev–Trinajstić information content (AvgIpc) is 2.88. The number of aromatic nitrogens is 2. The van der Waals surface area contributed by atoms with Crippen molar-refractivity contribution in [2.75, 3.05) is 6.61 Å². The molecule has 0 aliphatic rings. The molecule has 0 aliphatic heterocycles. The molecule has 2 rings (SSSR count). The van der Waals surface area contributed by atoms with E-state index in [1.165, 1.54) is 0 Å².